The first-order valence-electron chi connectivity index (χ1n) is 9.92. The van der Waals surface area contributed by atoms with Gasteiger partial charge in [0, 0.05) is 11.3 Å². The minimum absolute atomic E-state index is 0.276. The van der Waals surface area contributed by atoms with E-state index in [4.69, 9.17) is 9.47 Å². The van der Waals surface area contributed by atoms with Gasteiger partial charge in [-0.15, -0.1) is 0 Å². The largest absolute Gasteiger partial charge is 0.497 e. The number of aliphatic hydroxyl groups excluding tert-OH is 1. The zero-order valence-electron chi connectivity index (χ0n) is 17.7. The van der Waals surface area contributed by atoms with Gasteiger partial charge in [0.15, 0.2) is 0 Å². The molecule has 160 valence electrons. The van der Waals surface area contributed by atoms with E-state index in [1.165, 1.54) is 0 Å². The summed E-state index contributed by atoms with van der Waals surface area (Å²) in [5, 5.41) is 16.1. The summed E-state index contributed by atoms with van der Waals surface area (Å²) in [6.07, 6.45) is -0.115. The highest BCUT2D eigenvalue weighted by Crippen LogP contribution is 2.32. The average Bonchev–Trinajstić information content (AvgIpc) is 2.69. The Kier molecular flexibility index (Phi) is 6.31. The number of ether oxygens (including phenoxy) is 2. The molecule has 2 atom stereocenters. The van der Waals surface area contributed by atoms with Crippen molar-refractivity contribution >= 4 is 17.7 Å². The van der Waals surface area contributed by atoms with Crippen LogP contribution < -0.4 is 15.4 Å². The number of alkyl carbamates (subject to hydrolysis) is 1. The van der Waals surface area contributed by atoms with Crippen molar-refractivity contribution in [1.82, 2.24) is 5.32 Å². The molecule has 0 bridgehead atoms. The molecule has 7 heteroatoms. The Labute approximate surface area is 176 Å². The Hall–Kier alpha value is -3.06. The Morgan fingerprint density at radius 3 is 2.60 bits per heavy atom. The van der Waals surface area contributed by atoms with Crippen LogP contribution in [0.5, 0.6) is 5.75 Å². The van der Waals surface area contributed by atoms with Crippen LogP contribution >= 0.6 is 0 Å². The minimum Gasteiger partial charge on any atom is -0.497 e. The van der Waals surface area contributed by atoms with E-state index in [1.54, 1.807) is 58.2 Å². The summed E-state index contributed by atoms with van der Waals surface area (Å²) >= 11 is 0. The number of rotatable bonds is 4. The highest BCUT2D eigenvalue weighted by Gasteiger charge is 2.31. The molecule has 7 nitrogen and oxygen atoms in total. The van der Waals surface area contributed by atoms with E-state index in [1.807, 2.05) is 12.1 Å². The van der Waals surface area contributed by atoms with E-state index in [0.29, 0.717) is 29.8 Å². The van der Waals surface area contributed by atoms with Gasteiger partial charge in [-0.1, -0.05) is 12.1 Å². The number of methoxy groups -OCH3 is 1. The second kappa shape index (κ2) is 8.75. The molecular formula is C23H28N2O5. The number of amides is 2. The zero-order chi connectivity index (χ0) is 21.9. The summed E-state index contributed by atoms with van der Waals surface area (Å²) in [5.41, 5.74) is 2.19. The molecular weight excluding hydrogens is 384 g/mol. The second-order valence-electron chi connectivity index (χ2n) is 8.33. The number of hydrogen-bond donors (Lipinski definition) is 3. The van der Waals surface area contributed by atoms with Gasteiger partial charge in [-0.25, -0.2) is 4.79 Å². The van der Waals surface area contributed by atoms with Gasteiger partial charge in [0.1, 0.15) is 11.4 Å². The molecule has 1 aliphatic carbocycles. The van der Waals surface area contributed by atoms with Crippen LogP contribution in [-0.4, -0.2) is 35.9 Å². The third-order valence-corrected chi connectivity index (χ3v) is 4.84. The highest BCUT2D eigenvalue weighted by molar-refractivity contribution is 6.04. The Morgan fingerprint density at radius 2 is 1.90 bits per heavy atom. The van der Waals surface area contributed by atoms with E-state index >= 15 is 0 Å². The Bertz CT molecular complexity index is 935. The van der Waals surface area contributed by atoms with Crippen molar-refractivity contribution in [3.8, 4) is 5.75 Å². The highest BCUT2D eigenvalue weighted by atomic mass is 16.6. The lowest BCUT2D eigenvalue weighted by atomic mass is 9.85. The van der Waals surface area contributed by atoms with Crippen molar-refractivity contribution in [3.05, 3.63) is 59.2 Å². The maximum Gasteiger partial charge on any atom is 0.408 e. The quantitative estimate of drug-likeness (QED) is 0.709. The summed E-state index contributed by atoms with van der Waals surface area (Å²) in [6.45, 7) is 5.35. The molecule has 0 radical (unpaired) electrons. The Morgan fingerprint density at radius 1 is 1.13 bits per heavy atom. The SMILES string of the molecule is COc1cccc(C(=O)Nc2ccc3c(c2)C(NC(=O)OC(C)(C)C)[C@H](O)CC3)c1. The molecule has 0 fully saturated rings. The lowest BCUT2D eigenvalue weighted by Gasteiger charge is -2.32. The summed E-state index contributed by atoms with van der Waals surface area (Å²) < 4.78 is 10.5. The van der Waals surface area contributed by atoms with Gasteiger partial charge in [-0.2, -0.15) is 0 Å². The molecule has 2 amide bonds. The zero-order valence-corrected chi connectivity index (χ0v) is 17.7. The van der Waals surface area contributed by atoms with Crippen molar-refractivity contribution in [3.63, 3.8) is 0 Å². The maximum absolute atomic E-state index is 12.6. The normalized spacial score (nSPS) is 18.2. The topological polar surface area (TPSA) is 96.9 Å². The first-order chi connectivity index (χ1) is 14.2. The molecule has 3 rings (SSSR count). The summed E-state index contributed by atoms with van der Waals surface area (Å²) in [7, 11) is 1.55. The van der Waals surface area contributed by atoms with Crippen molar-refractivity contribution in [1.29, 1.82) is 0 Å². The second-order valence-corrected chi connectivity index (χ2v) is 8.33. The van der Waals surface area contributed by atoms with Crippen molar-refractivity contribution < 1.29 is 24.2 Å². The van der Waals surface area contributed by atoms with Crippen LogP contribution in [0, 0.1) is 0 Å². The van der Waals surface area contributed by atoms with Gasteiger partial charge in [0.2, 0.25) is 0 Å². The number of nitrogens with one attached hydrogen (secondary N) is 2. The predicted molar refractivity (Wildman–Crippen MR) is 114 cm³/mol. The number of carbonyl (C=O) groups is 2. The smallest absolute Gasteiger partial charge is 0.408 e. The third-order valence-electron chi connectivity index (χ3n) is 4.84. The number of aryl methyl sites for hydroxylation is 1. The molecule has 1 aliphatic rings. The van der Waals surface area contributed by atoms with E-state index in [9.17, 15) is 14.7 Å². The van der Waals surface area contributed by atoms with Gasteiger partial charge in [0.25, 0.3) is 5.91 Å². The number of anilines is 1. The number of benzene rings is 2. The van der Waals surface area contributed by atoms with Gasteiger partial charge >= 0.3 is 6.09 Å². The molecule has 0 spiro atoms. The molecule has 3 N–H and O–H groups in total. The van der Waals surface area contributed by atoms with Gasteiger partial charge in [-0.05, 0) is 75.1 Å². The number of carbonyl (C=O) groups excluding carboxylic acids is 2. The maximum atomic E-state index is 12.6. The fraction of sp³-hybridized carbons (Fsp3) is 0.391. The molecule has 30 heavy (non-hydrogen) atoms. The average molecular weight is 412 g/mol. The summed E-state index contributed by atoms with van der Waals surface area (Å²) in [4.78, 5) is 24.9. The molecule has 0 saturated carbocycles. The van der Waals surface area contributed by atoms with Crippen LogP contribution in [0.25, 0.3) is 0 Å². The van der Waals surface area contributed by atoms with Crippen LogP contribution in [0.1, 0.15) is 54.7 Å². The van der Waals surface area contributed by atoms with Crippen LogP contribution in [0.4, 0.5) is 10.5 Å². The van der Waals surface area contributed by atoms with Gasteiger partial charge in [0.05, 0.1) is 19.3 Å². The lowest BCUT2D eigenvalue weighted by Crippen LogP contribution is -2.41. The standard InChI is InChI=1S/C23H28N2O5/c1-23(2,3)30-22(28)25-20-18-13-16(10-8-14(18)9-11-19(20)26)24-21(27)15-6-5-7-17(12-15)29-4/h5-8,10,12-13,19-20,26H,9,11H2,1-4H3,(H,24,27)(H,25,28)/t19-,20?/m1/s1. The lowest BCUT2D eigenvalue weighted by molar-refractivity contribution is 0.0399. The minimum atomic E-state index is -0.741. The molecule has 2 aromatic rings. The molecule has 2 aromatic carbocycles. The third kappa shape index (κ3) is 5.30. The van der Waals surface area contributed by atoms with Crippen molar-refractivity contribution in [2.45, 2.75) is 51.4 Å². The number of hydrogen-bond acceptors (Lipinski definition) is 5. The Balaban J connectivity index is 1.80. The van der Waals surface area contributed by atoms with E-state index in [2.05, 4.69) is 10.6 Å². The van der Waals surface area contributed by atoms with Crippen LogP contribution in [0.2, 0.25) is 0 Å². The summed E-state index contributed by atoms with van der Waals surface area (Å²) in [5.74, 6) is 0.319. The summed E-state index contributed by atoms with van der Waals surface area (Å²) in [6, 6.07) is 11.8. The molecule has 0 heterocycles. The first kappa shape index (κ1) is 21.6. The predicted octanol–water partition coefficient (Wildman–Crippen LogP) is 3.82. The van der Waals surface area contributed by atoms with Crippen LogP contribution in [-0.2, 0) is 11.2 Å². The first-order valence-corrected chi connectivity index (χ1v) is 9.92. The fourth-order valence-corrected chi connectivity index (χ4v) is 3.44. The fourth-order valence-electron chi connectivity index (χ4n) is 3.44. The molecule has 0 saturated heterocycles. The van der Waals surface area contributed by atoms with Crippen molar-refractivity contribution in [2.75, 3.05) is 12.4 Å². The molecule has 0 aromatic heterocycles. The van der Waals surface area contributed by atoms with Crippen LogP contribution in [0.15, 0.2) is 42.5 Å². The molecule has 0 aliphatic heterocycles. The van der Waals surface area contributed by atoms with Crippen LogP contribution in [0.3, 0.4) is 0 Å². The van der Waals surface area contributed by atoms with Gasteiger partial charge in [-0.3, -0.25) is 4.79 Å². The molecule has 1 unspecified atom stereocenters. The number of aliphatic hydroxyl groups is 1. The van der Waals surface area contributed by atoms with E-state index in [-0.39, 0.29) is 5.91 Å². The number of fused-ring (bicyclic) bond motifs is 1. The van der Waals surface area contributed by atoms with Gasteiger partial charge < -0.3 is 25.2 Å². The van der Waals surface area contributed by atoms with E-state index in [0.717, 1.165) is 11.1 Å². The van der Waals surface area contributed by atoms with E-state index < -0.39 is 23.8 Å². The monoisotopic (exact) mass is 412 g/mol. The van der Waals surface area contributed by atoms with Crippen molar-refractivity contribution in [2.24, 2.45) is 0 Å².